The minimum atomic E-state index is -0.407. The molecule has 1 atom stereocenters. The predicted octanol–water partition coefficient (Wildman–Crippen LogP) is -0.149. The van der Waals surface area contributed by atoms with E-state index in [0.717, 1.165) is 6.42 Å². The Hall–Kier alpha value is -1.14. The van der Waals surface area contributed by atoms with Gasteiger partial charge in [-0.25, -0.2) is 0 Å². The fourth-order valence-electron chi connectivity index (χ4n) is 2.47. The molecule has 0 unspecified atom stereocenters. The molecular formula is C14H27N3O3. The molecule has 0 aliphatic carbocycles. The summed E-state index contributed by atoms with van der Waals surface area (Å²) < 4.78 is 0. The molecule has 1 aliphatic heterocycles. The maximum Gasteiger partial charge on any atom is 0.239 e. The molecule has 2 amide bonds. The first kappa shape index (κ1) is 16.9. The Labute approximate surface area is 120 Å². The molecule has 0 radical (unpaired) electrons. The van der Waals surface area contributed by atoms with Crippen molar-refractivity contribution in [2.75, 3.05) is 26.2 Å². The van der Waals surface area contributed by atoms with Gasteiger partial charge in [0, 0.05) is 32.2 Å². The van der Waals surface area contributed by atoms with Crippen LogP contribution in [0.1, 0.15) is 39.0 Å². The highest BCUT2D eigenvalue weighted by molar-refractivity contribution is 5.82. The molecular weight excluding hydrogens is 258 g/mol. The number of rotatable bonds is 7. The molecule has 0 aromatic rings. The summed E-state index contributed by atoms with van der Waals surface area (Å²) in [6, 6.07) is -0.407. The maximum atomic E-state index is 12.0. The largest absolute Gasteiger partial charge is 0.396 e. The predicted molar refractivity (Wildman–Crippen MR) is 76.9 cm³/mol. The van der Waals surface area contributed by atoms with Crippen LogP contribution in [0.3, 0.4) is 0 Å². The Bertz CT molecular complexity index is 315. The fourth-order valence-corrected chi connectivity index (χ4v) is 2.47. The number of amides is 2. The number of carbonyl (C=O) groups is 2. The first-order valence-electron chi connectivity index (χ1n) is 7.53. The Balaban J connectivity index is 2.32. The van der Waals surface area contributed by atoms with Gasteiger partial charge in [-0.3, -0.25) is 9.59 Å². The van der Waals surface area contributed by atoms with Crippen molar-refractivity contribution in [2.45, 2.75) is 45.1 Å². The Morgan fingerprint density at radius 3 is 2.60 bits per heavy atom. The van der Waals surface area contributed by atoms with Gasteiger partial charge in [0.05, 0.1) is 6.04 Å². The topological polar surface area (TPSA) is 95.7 Å². The number of hydrogen-bond acceptors (Lipinski definition) is 4. The Morgan fingerprint density at radius 2 is 2.05 bits per heavy atom. The molecule has 6 nitrogen and oxygen atoms in total. The van der Waals surface area contributed by atoms with E-state index in [9.17, 15) is 9.59 Å². The quantitative estimate of drug-likeness (QED) is 0.567. The van der Waals surface area contributed by atoms with Crippen LogP contribution >= 0.6 is 0 Å². The Kier molecular flexibility index (Phi) is 7.54. The van der Waals surface area contributed by atoms with Gasteiger partial charge in [-0.05, 0) is 25.7 Å². The van der Waals surface area contributed by atoms with E-state index < -0.39 is 6.04 Å². The van der Waals surface area contributed by atoms with E-state index in [0.29, 0.717) is 45.3 Å². The van der Waals surface area contributed by atoms with E-state index in [1.165, 1.54) is 0 Å². The van der Waals surface area contributed by atoms with E-state index in [1.54, 1.807) is 4.90 Å². The fraction of sp³-hybridized carbons (Fsp3) is 0.857. The molecule has 116 valence electrons. The van der Waals surface area contributed by atoms with Crippen molar-refractivity contribution in [3.63, 3.8) is 0 Å². The smallest absolute Gasteiger partial charge is 0.239 e. The number of likely N-dealkylation sites (tertiary alicyclic amines) is 1. The van der Waals surface area contributed by atoms with Gasteiger partial charge in [0.2, 0.25) is 11.8 Å². The van der Waals surface area contributed by atoms with Crippen LogP contribution in [0, 0.1) is 5.92 Å². The van der Waals surface area contributed by atoms with E-state index in [4.69, 9.17) is 10.8 Å². The third-order valence-electron chi connectivity index (χ3n) is 3.73. The molecule has 0 saturated carbocycles. The van der Waals surface area contributed by atoms with Crippen LogP contribution in [0.25, 0.3) is 0 Å². The minimum absolute atomic E-state index is 0.00555. The van der Waals surface area contributed by atoms with Crippen LogP contribution < -0.4 is 11.1 Å². The van der Waals surface area contributed by atoms with E-state index in [2.05, 4.69) is 5.32 Å². The van der Waals surface area contributed by atoms with E-state index in [1.807, 2.05) is 6.92 Å². The summed E-state index contributed by atoms with van der Waals surface area (Å²) in [4.78, 5) is 25.7. The van der Waals surface area contributed by atoms with Crippen molar-refractivity contribution in [2.24, 2.45) is 11.7 Å². The molecule has 1 fully saturated rings. The van der Waals surface area contributed by atoms with Gasteiger partial charge in [-0.2, -0.15) is 0 Å². The van der Waals surface area contributed by atoms with Crippen LogP contribution in [0.15, 0.2) is 0 Å². The summed E-state index contributed by atoms with van der Waals surface area (Å²) in [5.74, 6) is 0.00883. The number of aliphatic hydroxyl groups is 1. The second kappa shape index (κ2) is 8.92. The first-order chi connectivity index (χ1) is 9.60. The first-order valence-corrected chi connectivity index (χ1v) is 7.53. The van der Waals surface area contributed by atoms with Gasteiger partial charge in [0.15, 0.2) is 0 Å². The summed E-state index contributed by atoms with van der Waals surface area (Å²) in [5.41, 5.74) is 5.84. The van der Waals surface area contributed by atoms with Gasteiger partial charge in [0.1, 0.15) is 0 Å². The van der Waals surface area contributed by atoms with Crippen molar-refractivity contribution < 1.29 is 14.7 Å². The lowest BCUT2D eigenvalue weighted by atomic mass is 9.95. The zero-order valence-electron chi connectivity index (χ0n) is 12.3. The van der Waals surface area contributed by atoms with Crippen LogP contribution in [0.5, 0.6) is 0 Å². The second-order valence-corrected chi connectivity index (χ2v) is 5.36. The summed E-state index contributed by atoms with van der Waals surface area (Å²) in [7, 11) is 0. The molecule has 6 heteroatoms. The van der Waals surface area contributed by atoms with Crippen molar-refractivity contribution in [1.29, 1.82) is 0 Å². The summed E-state index contributed by atoms with van der Waals surface area (Å²) >= 11 is 0. The molecule has 1 heterocycles. The molecule has 20 heavy (non-hydrogen) atoms. The van der Waals surface area contributed by atoms with E-state index >= 15 is 0 Å². The van der Waals surface area contributed by atoms with Crippen molar-refractivity contribution in [1.82, 2.24) is 10.2 Å². The molecule has 1 aliphatic rings. The molecule has 0 aromatic heterocycles. The van der Waals surface area contributed by atoms with Gasteiger partial charge in [-0.1, -0.05) is 13.3 Å². The van der Waals surface area contributed by atoms with Crippen LogP contribution in [-0.2, 0) is 9.59 Å². The second-order valence-electron chi connectivity index (χ2n) is 5.36. The average molecular weight is 285 g/mol. The number of nitrogens with zero attached hydrogens (tertiary/aromatic N) is 1. The zero-order chi connectivity index (χ0) is 15.0. The summed E-state index contributed by atoms with van der Waals surface area (Å²) in [5, 5.41) is 11.5. The van der Waals surface area contributed by atoms with Crippen LogP contribution in [0.2, 0.25) is 0 Å². The highest BCUT2D eigenvalue weighted by atomic mass is 16.3. The Morgan fingerprint density at radius 1 is 1.40 bits per heavy atom. The van der Waals surface area contributed by atoms with Gasteiger partial charge < -0.3 is 21.1 Å². The number of nitrogens with one attached hydrogen (secondary N) is 1. The lowest BCUT2D eigenvalue weighted by molar-refractivity contribution is -0.136. The molecule has 1 saturated heterocycles. The maximum absolute atomic E-state index is 12.0. The summed E-state index contributed by atoms with van der Waals surface area (Å²) in [6.45, 7) is 3.82. The minimum Gasteiger partial charge on any atom is -0.396 e. The lowest BCUT2D eigenvalue weighted by Gasteiger charge is -2.33. The highest BCUT2D eigenvalue weighted by Gasteiger charge is 2.28. The number of piperidine rings is 1. The zero-order valence-corrected chi connectivity index (χ0v) is 12.3. The number of carbonyl (C=O) groups excluding carboxylic acids is 2. The van der Waals surface area contributed by atoms with Crippen molar-refractivity contribution in [3.8, 4) is 0 Å². The van der Waals surface area contributed by atoms with Crippen molar-refractivity contribution >= 4 is 11.8 Å². The third kappa shape index (κ3) is 5.09. The highest BCUT2D eigenvalue weighted by Crippen LogP contribution is 2.18. The van der Waals surface area contributed by atoms with Gasteiger partial charge in [-0.15, -0.1) is 0 Å². The molecule has 1 rings (SSSR count). The number of hydrogen-bond donors (Lipinski definition) is 3. The summed E-state index contributed by atoms with van der Waals surface area (Å²) in [6.07, 6.45) is 3.57. The van der Waals surface area contributed by atoms with Crippen LogP contribution in [-0.4, -0.2) is 54.1 Å². The molecule has 4 N–H and O–H groups in total. The van der Waals surface area contributed by atoms with Crippen molar-refractivity contribution in [3.05, 3.63) is 0 Å². The lowest BCUT2D eigenvalue weighted by Crippen LogP contribution is -2.48. The molecule has 0 bridgehead atoms. The van der Waals surface area contributed by atoms with E-state index in [-0.39, 0.29) is 24.3 Å². The third-order valence-corrected chi connectivity index (χ3v) is 3.73. The number of aliphatic hydroxyl groups excluding tert-OH is 1. The average Bonchev–Trinajstić information content (AvgIpc) is 2.47. The standard InChI is InChI=1S/C14H27N3O3/c1-2-4-12(15)14(20)17-8-5-11(6-9-17)13(19)16-7-3-10-18/h11-12,18H,2-10,15H2,1H3,(H,16,19)/t12-/m0/s1. The molecule has 0 spiro atoms. The SMILES string of the molecule is CCC[C@H](N)C(=O)N1CCC(C(=O)NCCCO)CC1. The van der Waals surface area contributed by atoms with Gasteiger partial charge >= 0.3 is 0 Å². The monoisotopic (exact) mass is 285 g/mol. The van der Waals surface area contributed by atoms with Gasteiger partial charge in [0.25, 0.3) is 0 Å². The molecule has 0 aromatic carbocycles. The number of nitrogens with two attached hydrogens (primary N) is 1. The van der Waals surface area contributed by atoms with Crippen LogP contribution in [0.4, 0.5) is 0 Å². The normalized spacial score (nSPS) is 17.9.